The number of carbonyl (C=O) groups excluding carboxylic acids is 1. The number of ether oxygens (including phenoxy) is 2. The lowest BCUT2D eigenvalue weighted by Crippen LogP contribution is -2.05. The molecule has 0 unspecified atom stereocenters. The summed E-state index contributed by atoms with van der Waals surface area (Å²) in [4.78, 5) is 12.3. The Morgan fingerprint density at radius 3 is 2.45 bits per heavy atom. The zero-order valence-electron chi connectivity index (χ0n) is 17.0. The summed E-state index contributed by atoms with van der Waals surface area (Å²) in [5.74, 6) is -0.584. The summed E-state index contributed by atoms with van der Waals surface area (Å²) < 4.78 is 63.3. The number of anilines is 1. The van der Waals surface area contributed by atoms with Gasteiger partial charge in [0, 0.05) is 16.8 Å². The van der Waals surface area contributed by atoms with Crippen LogP contribution in [0, 0.1) is 17.1 Å². The van der Waals surface area contributed by atoms with E-state index in [0.717, 1.165) is 12.1 Å². The van der Waals surface area contributed by atoms with Crippen molar-refractivity contribution >= 4 is 23.2 Å². The predicted molar refractivity (Wildman–Crippen MR) is 112 cm³/mol. The maximum Gasteiger partial charge on any atom is 0.416 e. The van der Waals surface area contributed by atoms with E-state index in [1.165, 1.54) is 31.4 Å². The molecule has 0 saturated heterocycles. The van der Waals surface area contributed by atoms with Crippen LogP contribution >= 0.6 is 0 Å². The monoisotopic (exact) mass is 454 g/mol. The lowest BCUT2D eigenvalue weighted by molar-refractivity contribution is -0.137. The predicted octanol–water partition coefficient (Wildman–Crippen LogP) is 6.01. The molecular weight excluding hydrogens is 440 g/mol. The molecule has 0 bridgehead atoms. The molecule has 3 aromatic carbocycles. The summed E-state index contributed by atoms with van der Waals surface area (Å²) in [6, 6.07) is 12.9. The third-order valence-corrected chi connectivity index (χ3v) is 4.91. The summed E-state index contributed by atoms with van der Waals surface area (Å²) in [6.07, 6.45) is -3.04. The second-order valence-electron chi connectivity index (χ2n) is 7.03. The van der Waals surface area contributed by atoms with Crippen molar-refractivity contribution in [3.05, 3.63) is 82.7 Å². The van der Waals surface area contributed by atoms with E-state index in [2.05, 4.69) is 5.32 Å². The summed E-state index contributed by atoms with van der Waals surface area (Å²) in [5.41, 5.74) is 0.448. The summed E-state index contributed by atoms with van der Waals surface area (Å²) in [5, 5.41) is 11.9. The maximum atomic E-state index is 13.6. The van der Waals surface area contributed by atoms with E-state index < -0.39 is 23.5 Å². The standard InChI is InChI=1S/C24H14F4N2O3/c1-32-22-9-13(8-18-17-11-16(25)4-5-19(17)30-23(18)31)2-6-21(22)33-20-7-3-15(24(26,27)28)10-14(20)12-29/h2-11H,1H3,(H,30,31). The molecule has 0 atom stereocenters. The number of nitriles is 1. The van der Waals surface area contributed by atoms with Gasteiger partial charge in [-0.1, -0.05) is 6.07 Å². The lowest BCUT2D eigenvalue weighted by Gasteiger charge is -2.14. The molecule has 1 heterocycles. The van der Waals surface area contributed by atoms with Gasteiger partial charge in [-0.2, -0.15) is 18.4 Å². The van der Waals surface area contributed by atoms with Crippen molar-refractivity contribution in [2.75, 3.05) is 12.4 Å². The highest BCUT2D eigenvalue weighted by Crippen LogP contribution is 2.38. The average molecular weight is 454 g/mol. The van der Waals surface area contributed by atoms with Crippen molar-refractivity contribution in [2.24, 2.45) is 0 Å². The third kappa shape index (κ3) is 4.36. The minimum absolute atomic E-state index is 0.0746. The van der Waals surface area contributed by atoms with Crippen molar-refractivity contribution < 1.29 is 31.8 Å². The molecule has 9 heteroatoms. The Balaban J connectivity index is 1.67. The van der Waals surface area contributed by atoms with Crippen LogP contribution in [0.15, 0.2) is 54.6 Å². The quantitative estimate of drug-likeness (QED) is 0.387. The molecule has 33 heavy (non-hydrogen) atoms. The number of methoxy groups -OCH3 is 1. The van der Waals surface area contributed by atoms with Crippen molar-refractivity contribution in [3.8, 4) is 23.3 Å². The first kappa shape index (κ1) is 21.9. The molecule has 0 aliphatic carbocycles. The van der Waals surface area contributed by atoms with Crippen LogP contribution in [0.3, 0.4) is 0 Å². The summed E-state index contributed by atoms with van der Waals surface area (Å²) >= 11 is 0. The van der Waals surface area contributed by atoms with Crippen LogP contribution in [0.4, 0.5) is 23.2 Å². The molecule has 1 N–H and O–H groups in total. The number of hydrogen-bond donors (Lipinski definition) is 1. The smallest absolute Gasteiger partial charge is 0.416 e. The van der Waals surface area contributed by atoms with Gasteiger partial charge in [0.2, 0.25) is 0 Å². The second kappa shape index (κ2) is 8.31. The second-order valence-corrected chi connectivity index (χ2v) is 7.03. The maximum absolute atomic E-state index is 13.6. The fourth-order valence-corrected chi connectivity index (χ4v) is 3.33. The number of rotatable bonds is 4. The van der Waals surface area contributed by atoms with Gasteiger partial charge in [-0.15, -0.1) is 0 Å². The van der Waals surface area contributed by atoms with Crippen molar-refractivity contribution in [2.45, 2.75) is 6.18 Å². The van der Waals surface area contributed by atoms with Crippen LogP contribution < -0.4 is 14.8 Å². The number of nitrogens with one attached hydrogen (secondary N) is 1. The molecule has 1 aliphatic heterocycles. The van der Waals surface area contributed by atoms with Gasteiger partial charge in [-0.3, -0.25) is 4.79 Å². The van der Waals surface area contributed by atoms with E-state index >= 15 is 0 Å². The Morgan fingerprint density at radius 2 is 1.76 bits per heavy atom. The number of carbonyl (C=O) groups is 1. The first-order valence-electron chi connectivity index (χ1n) is 9.50. The number of nitrogens with zero attached hydrogens (tertiary/aromatic N) is 1. The Hall–Kier alpha value is -4.32. The van der Waals surface area contributed by atoms with Gasteiger partial charge in [-0.05, 0) is 60.2 Å². The highest BCUT2D eigenvalue weighted by molar-refractivity contribution is 6.34. The molecule has 5 nitrogen and oxygen atoms in total. The number of fused-ring (bicyclic) bond motifs is 1. The van der Waals surface area contributed by atoms with E-state index in [9.17, 15) is 27.6 Å². The Labute approximate surface area is 185 Å². The van der Waals surface area contributed by atoms with Crippen molar-refractivity contribution in [1.82, 2.24) is 0 Å². The Bertz CT molecular complexity index is 1340. The first-order valence-corrected chi connectivity index (χ1v) is 9.50. The van der Waals surface area contributed by atoms with Crippen LogP contribution in [-0.4, -0.2) is 13.0 Å². The molecule has 0 radical (unpaired) electrons. The van der Waals surface area contributed by atoms with Gasteiger partial charge >= 0.3 is 6.18 Å². The zero-order valence-corrected chi connectivity index (χ0v) is 17.0. The largest absolute Gasteiger partial charge is 0.493 e. The molecule has 166 valence electrons. The van der Waals surface area contributed by atoms with E-state index in [1.54, 1.807) is 24.3 Å². The van der Waals surface area contributed by atoms with E-state index in [1.807, 2.05) is 0 Å². The summed E-state index contributed by atoms with van der Waals surface area (Å²) in [6.45, 7) is 0. The van der Waals surface area contributed by atoms with E-state index in [4.69, 9.17) is 9.47 Å². The highest BCUT2D eigenvalue weighted by atomic mass is 19.4. The number of benzene rings is 3. The van der Waals surface area contributed by atoms with Crippen LogP contribution in [0.5, 0.6) is 17.2 Å². The minimum atomic E-state index is -4.59. The van der Waals surface area contributed by atoms with Crippen molar-refractivity contribution in [3.63, 3.8) is 0 Å². The van der Waals surface area contributed by atoms with Crippen LogP contribution in [0.2, 0.25) is 0 Å². The Kier molecular flexibility index (Phi) is 5.52. The fourth-order valence-electron chi connectivity index (χ4n) is 3.33. The molecule has 1 amide bonds. The fraction of sp³-hybridized carbons (Fsp3) is 0.0833. The number of alkyl halides is 3. The molecule has 0 spiro atoms. The number of halogens is 4. The molecule has 3 aromatic rings. The van der Waals surface area contributed by atoms with Gasteiger partial charge < -0.3 is 14.8 Å². The minimum Gasteiger partial charge on any atom is -0.493 e. The third-order valence-electron chi connectivity index (χ3n) is 4.91. The average Bonchev–Trinajstić information content (AvgIpc) is 3.08. The highest BCUT2D eigenvalue weighted by Gasteiger charge is 2.31. The first-order chi connectivity index (χ1) is 15.7. The molecular formula is C24H14F4N2O3. The molecule has 4 rings (SSSR count). The molecule has 0 aromatic heterocycles. The van der Waals surface area contributed by atoms with Crippen LogP contribution in [-0.2, 0) is 11.0 Å². The molecule has 1 aliphatic rings. The van der Waals surface area contributed by atoms with E-state index in [-0.39, 0.29) is 28.4 Å². The number of hydrogen-bond acceptors (Lipinski definition) is 4. The molecule has 0 saturated carbocycles. The van der Waals surface area contributed by atoms with Gasteiger partial charge in [0.05, 0.1) is 18.2 Å². The SMILES string of the molecule is COc1cc(C=C2C(=O)Nc3ccc(F)cc32)ccc1Oc1ccc(C(F)(F)F)cc1C#N. The number of amides is 1. The van der Waals surface area contributed by atoms with Gasteiger partial charge in [-0.25, -0.2) is 4.39 Å². The summed E-state index contributed by atoms with van der Waals surface area (Å²) in [7, 11) is 1.37. The zero-order chi connectivity index (χ0) is 23.8. The van der Waals surface area contributed by atoms with E-state index in [0.29, 0.717) is 22.9 Å². The topological polar surface area (TPSA) is 71.3 Å². The normalized spacial score (nSPS) is 13.9. The van der Waals surface area contributed by atoms with Gasteiger partial charge in [0.15, 0.2) is 11.5 Å². The van der Waals surface area contributed by atoms with Crippen molar-refractivity contribution in [1.29, 1.82) is 5.26 Å². The lowest BCUT2D eigenvalue weighted by atomic mass is 10.0. The molecule has 0 fully saturated rings. The van der Waals surface area contributed by atoms with Crippen LogP contribution in [0.1, 0.15) is 22.3 Å². The van der Waals surface area contributed by atoms with Gasteiger partial charge in [0.1, 0.15) is 17.6 Å². The van der Waals surface area contributed by atoms with Crippen LogP contribution in [0.25, 0.3) is 11.6 Å². The Morgan fingerprint density at radius 1 is 1.00 bits per heavy atom. The van der Waals surface area contributed by atoms with Gasteiger partial charge in [0.25, 0.3) is 5.91 Å².